The van der Waals surface area contributed by atoms with E-state index >= 15 is 0 Å². The van der Waals surface area contributed by atoms with E-state index in [2.05, 4.69) is 10.3 Å². The molecule has 2 N–H and O–H groups in total. The molecule has 1 amide bonds. The van der Waals surface area contributed by atoms with Gasteiger partial charge in [-0.2, -0.15) is 0 Å². The standard InChI is InChI=1S/C19H19FN2O/c1-13-2-4-14(5-3-13)10-19(23)21-9-8-15-12-22-18-7-6-16(20)11-17(15)18/h2-7,11-12,22H,8-10H2,1H3,(H,21,23). The van der Waals surface area contributed by atoms with E-state index in [0.717, 1.165) is 22.0 Å². The normalized spacial score (nSPS) is 10.9. The maximum Gasteiger partial charge on any atom is 0.224 e. The first-order chi connectivity index (χ1) is 11.1. The number of fused-ring (bicyclic) bond motifs is 1. The highest BCUT2D eigenvalue weighted by molar-refractivity contribution is 5.83. The summed E-state index contributed by atoms with van der Waals surface area (Å²) in [4.78, 5) is 15.1. The Labute approximate surface area is 134 Å². The number of H-pyrrole nitrogens is 1. The first kappa shape index (κ1) is 15.3. The molecule has 23 heavy (non-hydrogen) atoms. The van der Waals surface area contributed by atoms with E-state index in [9.17, 15) is 9.18 Å². The molecule has 0 fully saturated rings. The van der Waals surface area contributed by atoms with Gasteiger partial charge in [0.25, 0.3) is 0 Å². The number of benzene rings is 2. The molecule has 0 radical (unpaired) electrons. The molecule has 2 aromatic carbocycles. The van der Waals surface area contributed by atoms with Gasteiger partial charge in [-0.25, -0.2) is 4.39 Å². The zero-order chi connectivity index (χ0) is 16.2. The molecule has 0 spiro atoms. The summed E-state index contributed by atoms with van der Waals surface area (Å²) in [7, 11) is 0. The van der Waals surface area contributed by atoms with Gasteiger partial charge in [0, 0.05) is 23.6 Å². The molecule has 3 aromatic rings. The molecule has 0 unspecified atom stereocenters. The Morgan fingerprint density at radius 1 is 1.17 bits per heavy atom. The molecule has 1 heterocycles. The molecule has 0 saturated heterocycles. The fraction of sp³-hybridized carbons (Fsp3) is 0.211. The van der Waals surface area contributed by atoms with Crippen LogP contribution in [0, 0.1) is 12.7 Å². The second kappa shape index (κ2) is 6.65. The fourth-order valence-corrected chi connectivity index (χ4v) is 2.65. The molecule has 3 nitrogen and oxygen atoms in total. The van der Waals surface area contributed by atoms with Gasteiger partial charge >= 0.3 is 0 Å². The fourth-order valence-electron chi connectivity index (χ4n) is 2.65. The smallest absolute Gasteiger partial charge is 0.224 e. The molecular formula is C19H19FN2O. The van der Waals surface area contributed by atoms with Crippen molar-refractivity contribution < 1.29 is 9.18 Å². The highest BCUT2D eigenvalue weighted by Crippen LogP contribution is 2.19. The van der Waals surface area contributed by atoms with Crippen LogP contribution in [0.15, 0.2) is 48.7 Å². The minimum absolute atomic E-state index is 0.000116. The van der Waals surface area contributed by atoms with E-state index in [4.69, 9.17) is 0 Å². The lowest BCUT2D eigenvalue weighted by Crippen LogP contribution is -2.27. The number of hydrogen-bond acceptors (Lipinski definition) is 1. The van der Waals surface area contributed by atoms with Gasteiger partial charge in [0.15, 0.2) is 0 Å². The Bertz CT molecular complexity index is 821. The largest absolute Gasteiger partial charge is 0.361 e. The Morgan fingerprint density at radius 3 is 2.74 bits per heavy atom. The van der Waals surface area contributed by atoms with Crippen molar-refractivity contribution in [1.82, 2.24) is 10.3 Å². The second-order valence-electron chi connectivity index (χ2n) is 5.77. The van der Waals surface area contributed by atoms with Crippen LogP contribution in [0.4, 0.5) is 4.39 Å². The van der Waals surface area contributed by atoms with Crippen molar-refractivity contribution in [2.75, 3.05) is 6.54 Å². The first-order valence-corrected chi connectivity index (χ1v) is 7.69. The van der Waals surface area contributed by atoms with Crippen molar-refractivity contribution in [2.24, 2.45) is 0 Å². The molecule has 4 heteroatoms. The van der Waals surface area contributed by atoms with Gasteiger partial charge in [0.1, 0.15) is 5.82 Å². The number of hydrogen-bond donors (Lipinski definition) is 2. The number of carbonyl (C=O) groups excluding carboxylic acids is 1. The number of aryl methyl sites for hydroxylation is 1. The van der Waals surface area contributed by atoms with Crippen molar-refractivity contribution in [3.8, 4) is 0 Å². The maximum atomic E-state index is 13.3. The first-order valence-electron chi connectivity index (χ1n) is 7.69. The number of nitrogens with one attached hydrogen (secondary N) is 2. The van der Waals surface area contributed by atoms with Crippen LogP contribution in [0.1, 0.15) is 16.7 Å². The molecule has 118 valence electrons. The van der Waals surface area contributed by atoms with Crippen LogP contribution in [0.3, 0.4) is 0 Å². The number of aromatic amines is 1. The minimum Gasteiger partial charge on any atom is -0.361 e. The zero-order valence-corrected chi connectivity index (χ0v) is 13.0. The molecule has 0 bridgehead atoms. The van der Waals surface area contributed by atoms with Crippen molar-refractivity contribution in [1.29, 1.82) is 0 Å². The minimum atomic E-state index is -0.248. The van der Waals surface area contributed by atoms with Crippen molar-refractivity contribution in [2.45, 2.75) is 19.8 Å². The maximum absolute atomic E-state index is 13.3. The number of halogens is 1. The van der Waals surface area contributed by atoms with E-state index < -0.39 is 0 Å². The summed E-state index contributed by atoms with van der Waals surface area (Å²) in [6.07, 6.45) is 2.92. The quantitative estimate of drug-likeness (QED) is 0.744. The summed E-state index contributed by atoms with van der Waals surface area (Å²) in [6.45, 7) is 2.56. The lowest BCUT2D eigenvalue weighted by atomic mass is 10.1. The summed E-state index contributed by atoms with van der Waals surface area (Å²) in [6, 6.07) is 12.6. The topological polar surface area (TPSA) is 44.9 Å². The third-order valence-electron chi connectivity index (χ3n) is 3.93. The Hall–Kier alpha value is -2.62. The van der Waals surface area contributed by atoms with Crippen LogP contribution in [0.25, 0.3) is 10.9 Å². The molecule has 0 saturated carbocycles. The van der Waals surface area contributed by atoms with Crippen LogP contribution in [-0.2, 0) is 17.6 Å². The summed E-state index contributed by atoms with van der Waals surface area (Å²) in [5, 5.41) is 3.79. The lowest BCUT2D eigenvalue weighted by molar-refractivity contribution is -0.120. The van der Waals surface area contributed by atoms with Crippen LogP contribution >= 0.6 is 0 Å². The Balaban J connectivity index is 1.55. The number of aromatic nitrogens is 1. The molecule has 0 atom stereocenters. The Kier molecular flexibility index (Phi) is 4.42. The SMILES string of the molecule is Cc1ccc(CC(=O)NCCc2c[nH]c3ccc(F)cc23)cc1. The van der Waals surface area contributed by atoms with Crippen molar-refractivity contribution >= 4 is 16.8 Å². The molecule has 1 aromatic heterocycles. The second-order valence-corrected chi connectivity index (χ2v) is 5.77. The molecule has 0 aliphatic rings. The van der Waals surface area contributed by atoms with E-state index in [1.807, 2.05) is 37.4 Å². The average Bonchev–Trinajstić information content (AvgIpc) is 2.92. The van der Waals surface area contributed by atoms with Gasteiger partial charge < -0.3 is 10.3 Å². The van der Waals surface area contributed by atoms with Gasteiger partial charge in [-0.15, -0.1) is 0 Å². The monoisotopic (exact) mass is 310 g/mol. The predicted molar refractivity (Wildman–Crippen MR) is 89.9 cm³/mol. The highest BCUT2D eigenvalue weighted by Gasteiger charge is 2.06. The Morgan fingerprint density at radius 2 is 1.96 bits per heavy atom. The van der Waals surface area contributed by atoms with Gasteiger partial charge in [0.2, 0.25) is 5.91 Å². The number of amides is 1. The van der Waals surface area contributed by atoms with Crippen molar-refractivity contribution in [3.63, 3.8) is 0 Å². The van der Waals surface area contributed by atoms with E-state index in [-0.39, 0.29) is 11.7 Å². The summed E-state index contributed by atoms with van der Waals surface area (Å²) < 4.78 is 13.3. The van der Waals surface area contributed by atoms with E-state index in [1.54, 1.807) is 6.07 Å². The number of rotatable bonds is 5. The van der Waals surface area contributed by atoms with E-state index in [0.29, 0.717) is 19.4 Å². The molecule has 3 rings (SSSR count). The van der Waals surface area contributed by atoms with Gasteiger partial charge in [-0.1, -0.05) is 29.8 Å². The van der Waals surface area contributed by atoms with Gasteiger partial charge in [0.05, 0.1) is 6.42 Å². The summed E-state index contributed by atoms with van der Waals surface area (Å²) >= 11 is 0. The lowest BCUT2D eigenvalue weighted by Gasteiger charge is -2.05. The number of carbonyl (C=O) groups is 1. The van der Waals surface area contributed by atoms with Gasteiger partial charge in [-0.05, 0) is 42.7 Å². The van der Waals surface area contributed by atoms with Crippen LogP contribution in [0.5, 0.6) is 0 Å². The summed E-state index contributed by atoms with van der Waals surface area (Å²) in [5.74, 6) is -0.248. The molecule has 0 aliphatic heterocycles. The molecular weight excluding hydrogens is 291 g/mol. The van der Waals surface area contributed by atoms with E-state index in [1.165, 1.54) is 17.7 Å². The predicted octanol–water partition coefficient (Wildman–Crippen LogP) is 3.52. The average molecular weight is 310 g/mol. The third-order valence-corrected chi connectivity index (χ3v) is 3.93. The summed E-state index contributed by atoms with van der Waals surface area (Å²) in [5.41, 5.74) is 4.10. The zero-order valence-electron chi connectivity index (χ0n) is 13.0. The van der Waals surface area contributed by atoms with Crippen molar-refractivity contribution in [3.05, 3.63) is 71.2 Å². The van der Waals surface area contributed by atoms with Crippen LogP contribution < -0.4 is 5.32 Å². The van der Waals surface area contributed by atoms with Crippen LogP contribution in [0.2, 0.25) is 0 Å². The molecule has 0 aliphatic carbocycles. The third kappa shape index (κ3) is 3.77. The van der Waals surface area contributed by atoms with Gasteiger partial charge in [-0.3, -0.25) is 4.79 Å². The highest BCUT2D eigenvalue weighted by atomic mass is 19.1. The van der Waals surface area contributed by atoms with Crippen LogP contribution in [-0.4, -0.2) is 17.4 Å².